The minimum atomic E-state index is -0.770. The number of benzene rings is 1. The van der Waals surface area contributed by atoms with Crippen LogP contribution in [0.25, 0.3) is 0 Å². The van der Waals surface area contributed by atoms with E-state index in [0.717, 1.165) is 5.56 Å². The Balaban J connectivity index is 2.94. The Morgan fingerprint density at radius 1 is 0.750 bits per heavy atom. The van der Waals surface area contributed by atoms with Gasteiger partial charge in [0.15, 0.2) is 5.60 Å². The third kappa shape index (κ3) is 7.31. The summed E-state index contributed by atoms with van der Waals surface area (Å²) in [4.78, 5) is 22.2. The summed E-state index contributed by atoms with van der Waals surface area (Å²) in [5, 5.41) is 0. The number of hydrogen-bond donors (Lipinski definition) is 0. The second kappa shape index (κ2) is 7.96. The summed E-state index contributed by atoms with van der Waals surface area (Å²) in [5.74, 6) is 0.484. The van der Waals surface area contributed by atoms with Crippen molar-refractivity contribution in [3.05, 3.63) is 35.4 Å². The molecule has 0 radical (unpaired) electrons. The molecule has 1 atom stereocenters. The van der Waals surface area contributed by atoms with E-state index < -0.39 is 11.2 Å². The SMILES string of the molecule is CC(C)c1ccc(C(C)(COOC(C)(C)C)OOC(C)(C)C)cc1. The van der Waals surface area contributed by atoms with Crippen molar-refractivity contribution in [2.75, 3.05) is 6.61 Å². The van der Waals surface area contributed by atoms with E-state index in [4.69, 9.17) is 19.6 Å². The summed E-state index contributed by atoms with van der Waals surface area (Å²) in [6.07, 6.45) is 0. The van der Waals surface area contributed by atoms with Crippen LogP contribution >= 0.6 is 0 Å². The second-order valence-corrected chi connectivity index (χ2v) is 8.74. The molecule has 4 nitrogen and oxygen atoms in total. The van der Waals surface area contributed by atoms with Crippen molar-refractivity contribution in [3.8, 4) is 0 Å². The van der Waals surface area contributed by atoms with Crippen molar-refractivity contribution < 1.29 is 19.6 Å². The summed E-state index contributed by atoms with van der Waals surface area (Å²) in [6, 6.07) is 8.34. The first-order valence-corrected chi connectivity index (χ1v) is 8.60. The van der Waals surface area contributed by atoms with Crippen LogP contribution in [0.4, 0.5) is 0 Å². The van der Waals surface area contributed by atoms with Gasteiger partial charge in [-0.3, -0.25) is 0 Å². The monoisotopic (exact) mass is 338 g/mol. The molecule has 0 fully saturated rings. The maximum absolute atomic E-state index is 5.79. The van der Waals surface area contributed by atoms with Gasteiger partial charge in [-0.2, -0.15) is 0 Å². The van der Waals surface area contributed by atoms with Crippen molar-refractivity contribution in [1.29, 1.82) is 0 Å². The van der Waals surface area contributed by atoms with E-state index in [1.54, 1.807) is 0 Å². The van der Waals surface area contributed by atoms with Crippen LogP contribution in [0.15, 0.2) is 24.3 Å². The Morgan fingerprint density at radius 2 is 1.25 bits per heavy atom. The molecule has 0 saturated heterocycles. The molecule has 0 aromatic heterocycles. The van der Waals surface area contributed by atoms with Crippen LogP contribution in [0, 0.1) is 0 Å². The minimum Gasteiger partial charge on any atom is -0.233 e. The molecule has 0 saturated carbocycles. The predicted octanol–water partition coefficient (Wildman–Crippen LogP) is 5.52. The molecule has 0 heterocycles. The summed E-state index contributed by atoms with van der Waals surface area (Å²) in [7, 11) is 0. The largest absolute Gasteiger partial charge is 0.233 e. The average Bonchev–Trinajstić information content (AvgIpc) is 2.43. The molecule has 24 heavy (non-hydrogen) atoms. The lowest BCUT2D eigenvalue weighted by Crippen LogP contribution is -2.36. The minimum absolute atomic E-state index is 0.224. The highest BCUT2D eigenvalue weighted by molar-refractivity contribution is 5.28. The first kappa shape index (κ1) is 21.1. The molecule has 1 aromatic carbocycles. The fraction of sp³-hybridized carbons (Fsp3) is 0.700. The van der Waals surface area contributed by atoms with E-state index in [1.807, 2.05) is 48.5 Å². The Morgan fingerprint density at radius 3 is 1.67 bits per heavy atom. The molecule has 138 valence electrons. The zero-order valence-electron chi connectivity index (χ0n) is 16.7. The van der Waals surface area contributed by atoms with Crippen LogP contribution in [-0.2, 0) is 25.2 Å². The van der Waals surface area contributed by atoms with Crippen LogP contribution in [0.5, 0.6) is 0 Å². The fourth-order valence-electron chi connectivity index (χ4n) is 1.91. The molecule has 0 amide bonds. The number of hydrogen-bond acceptors (Lipinski definition) is 4. The van der Waals surface area contributed by atoms with Crippen molar-refractivity contribution in [3.63, 3.8) is 0 Å². The molecule has 0 aliphatic carbocycles. The summed E-state index contributed by atoms with van der Waals surface area (Å²) >= 11 is 0. The van der Waals surface area contributed by atoms with E-state index in [9.17, 15) is 0 Å². The average molecular weight is 338 g/mol. The maximum atomic E-state index is 5.79. The quantitative estimate of drug-likeness (QED) is 0.484. The van der Waals surface area contributed by atoms with Gasteiger partial charge in [-0.15, -0.1) is 0 Å². The van der Waals surface area contributed by atoms with Crippen molar-refractivity contribution in [2.24, 2.45) is 0 Å². The molecule has 1 aromatic rings. The highest BCUT2D eigenvalue weighted by atomic mass is 17.2. The van der Waals surface area contributed by atoms with Gasteiger partial charge in [-0.1, -0.05) is 38.1 Å². The Kier molecular flexibility index (Phi) is 7.00. The maximum Gasteiger partial charge on any atom is 0.152 e. The zero-order chi connectivity index (χ0) is 18.6. The molecule has 0 N–H and O–H groups in total. The van der Waals surface area contributed by atoms with Gasteiger partial charge < -0.3 is 0 Å². The third-order valence-corrected chi connectivity index (χ3v) is 3.31. The summed E-state index contributed by atoms with van der Waals surface area (Å²) in [5.41, 5.74) is 0.698. The van der Waals surface area contributed by atoms with Crippen LogP contribution < -0.4 is 0 Å². The van der Waals surface area contributed by atoms with Crippen LogP contribution in [0.1, 0.15) is 79.4 Å². The fourth-order valence-corrected chi connectivity index (χ4v) is 1.91. The highest BCUT2D eigenvalue weighted by Crippen LogP contribution is 2.30. The van der Waals surface area contributed by atoms with Crippen molar-refractivity contribution in [2.45, 2.75) is 85.0 Å². The lowest BCUT2D eigenvalue weighted by molar-refractivity contribution is -0.439. The standard InChI is InChI=1S/C20H34O4/c1-15(2)16-10-12-17(13-11-16)20(9,24-23-19(6,7)8)14-21-22-18(3,4)5/h10-13,15H,14H2,1-9H3. The smallest absolute Gasteiger partial charge is 0.152 e. The molecule has 1 rings (SSSR count). The summed E-state index contributed by atoms with van der Waals surface area (Å²) in [6.45, 7) is 18.2. The predicted molar refractivity (Wildman–Crippen MR) is 96.6 cm³/mol. The number of rotatable bonds is 7. The molecule has 0 spiro atoms. The van der Waals surface area contributed by atoms with Gasteiger partial charge in [0.2, 0.25) is 0 Å². The van der Waals surface area contributed by atoms with Gasteiger partial charge in [0.05, 0.1) is 11.2 Å². The van der Waals surface area contributed by atoms with Gasteiger partial charge in [0.25, 0.3) is 0 Å². The van der Waals surface area contributed by atoms with Crippen molar-refractivity contribution >= 4 is 0 Å². The van der Waals surface area contributed by atoms with Crippen LogP contribution in [0.2, 0.25) is 0 Å². The van der Waals surface area contributed by atoms with Gasteiger partial charge in [-0.25, -0.2) is 19.6 Å². The van der Waals surface area contributed by atoms with E-state index in [-0.39, 0.29) is 12.2 Å². The zero-order valence-corrected chi connectivity index (χ0v) is 16.7. The highest BCUT2D eigenvalue weighted by Gasteiger charge is 2.33. The van der Waals surface area contributed by atoms with Gasteiger partial charge >= 0.3 is 0 Å². The molecule has 0 bridgehead atoms. The lowest BCUT2D eigenvalue weighted by Gasteiger charge is -2.32. The molecule has 4 heteroatoms. The molecule has 0 aliphatic heterocycles. The van der Waals surface area contributed by atoms with Crippen molar-refractivity contribution in [1.82, 2.24) is 0 Å². The van der Waals surface area contributed by atoms with E-state index in [0.29, 0.717) is 5.92 Å². The van der Waals surface area contributed by atoms with Gasteiger partial charge in [-0.05, 0) is 65.5 Å². The summed E-state index contributed by atoms with van der Waals surface area (Å²) < 4.78 is 0. The van der Waals surface area contributed by atoms with Crippen LogP contribution in [0.3, 0.4) is 0 Å². The molecule has 0 aliphatic rings. The van der Waals surface area contributed by atoms with Gasteiger partial charge in [0.1, 0.15) is 6.61 Å². The van der Waals surface area contributed by atoms with E-state index in [2.05, 4.69) is 38.1 Å². The van der Waals surface area contributed by atoms with Gasteiger partial charge in [0, 0.05) is 0 Å². The normalized spacial score (nSPS) is 15.6. The second-order valence-electron chi connectivity index (χ2n) is 8.74. The lowest BCUT2D eigenvalue weighted by atomic mass is 9.93. The first-order valence-electron chi connectivity index (χ1n) is 8.60. The molecular formula is C20H34O4. The van der Waals surface area contributed by atoms with E-state index in [1.165, 1.54) is 5.56 Å². The Hall–Kier alpha value is -0.940. The van der Waals surface area contributed by atoms with Crippen LogP contribution in [-0.4, -0.2) is 17.8 Å². The van der Waals surface area contributed by atoms with E-state index >= 15 is 0 Å². The molecular weight excluding hydrogens is 304 g/mol. The first-order chi connectivity index (χ1) is 10.8. The topological polar surface area (TPSA) is 36.9 Å². The Bertz CT molecular complexity index is 494. The third-order valence-electron chi connectivity index (χ3n) is 3.31. The Labute approximate surface area is 147 Å². The molecule has 1 unspecified atom stereocenters.